The summed E-state index contributed by atoms with van der Waals surface area (Å²) in [5, 5.41) is 6.77. The van der Waals surface area contributed by atoms with Crippen LogP contribution < -0.4 is 15.6 Å². The van der Waals surface area contributed by atoms with Gasteiger partial charge < -0.3 is 10.1 Å². The molecule has 1 aromatic carbocycles. The molecule has 22 heavy (non-hydrogen) atoms. The predicted octanol–water partition coefficient (Wildman–Crippen LogP) is 2.04. The summed E-state index contributed by atoms with van der Waals surface area (Å²) in [5.41, 5.74) is 0.857. The van der Waals surface area contributed by atoms with Gasteiger partial charge in [0.25, 0.3) is 11.5 Å². The lowest BCUT2D eigenvalue weighted by Gasteiger charge is -2.15. The zero-order chi connectivity index (χ0) is 16.3. The van der Waals surface area contributed by atoms with Crippen molar-refractivity contribution in [2.45, 2.75) is 13.0 Å². The van der Waals surface area contributed by atoms with Crippen molar-refractivity contribution in [3.8, 4) is 5.75 Å². The van der Waals surface area contributed by atoms with E-state index in [1.54, 1.807) is 7.11 Å². The van der Waals surface area contributed by atoms with Crippen LogP contribution in [-0.4, -0.2) is 22.8 Å². The Labute approximate surface area is 136 Å². The molecule has 0 aliphatic heterocycles. The number of aromatic nitrogens is 2. The maximum atomic E-state index is 12.2. The molecule has 1 heterocycles. The van der Waals surface area contributed by atoms with Crippen molar-refractivity contribution in [1.29, 1.82) is 0 Å². The summed E-state index contributed by atoms with van der Waals surface area (Å²) in [6, 6.07) is 8.10. The van der Waals surface area contributed by atoms with Crippen molar-refractivity contribution in [3.63, 3.8) is 0 Å². The van der Waals surface area contributed by atoms with Crippen molar-refractivity contribution in [2.75, 3.05) is 7.11 Å². The van der Waals surface area contributed by atoms with Crippen molar-refractivity contribution in [3.05, 3.63) is 56.4 Å². The van der Waals surface area contributed by atoms with E-state index in [1.807, 2.05) is 25.1 Å². The maximum Gasteiger partial charge on any atom is 0.272 e. The van der Waals surface area contributed by atoms with E-state index in [2.05, 4.69) is 26.3 Å². The second-order valence-electron chi connectivity index (χ2n) is 4.77. The Morgan fingerprint density at radius 1 is 1.36 bits per heavy atom. The molecular formula is C15H16BrN3O3. The summed E-state index contributed by atoms with van der Waals surface area (Å²) in [6.07, 6.45) is 0. The topological polar surface area (TPSA) is 73.2 Å². The highest BCUT2D eigenvalue weighted by molar-refractivity contribution is 9.10. The zero-order valence-electron chi connectivity index (χ0n) is 12.5. The Morgan fingerprint density at radius 3 is 2.68 bits per heavy atom. The standard InChI is InChI=1S/C15H16BrN3O3/c1-9(10-4-6-13(22-3)11(16)8-10)17-15(21)12-5-7-14(20)19(2)18-12/h4-9H,1-3H3,(H,17,21). The summed E-state index contributed by atoms with van der Waals surface area (Å²) in [5.74, 6) is 0.386. The number of aryl methyl sites for hydroxylation is 1. The Bertz CT molecular complexity index is 758. The van der Waals surface area contributed by atoms with Gasteiger partial charge in [0.15, 0.2) is 0 Å². The second kappa shape index (κ2) is 6.74. The fourth-order valence-electron chi connectivity index (χ4n) is 1.93. The van der Waals surface area contributed by atoms with E-state index >= 15 is 0 Å². The van der Waals surface area contributed by atoms with E-state index in [4.69, 9.17) is 4.74 Å². The average Bonchev–Trinajstić information content (AvgIpc) is 2.49. The summed E-state index contributed by atoms with van der Waals surface area (Å²) in [6.45, 7) is 1.87. The van der Waals surface area contributed by atoms with Gasteiger partial charge in [0.1, 0.15) is 11.4 Å². The second-order valence-corrected chi connectivity index (χ2v) is 5.62. The molecule has 0 saturated carbocycles. The lowest BCUT2D eigenvalue weighted by atomic mass is 10.1. The van der Waals surface area contributed by atoms with Gasteiger partial charge in [0.2, 0.25) is 0 Å². The molecule has 0 bridgehead atoms. The number of carbonyl (C=O) groups is 1. The largest absolute Gasteiger partial charge is 0.496 e. The quantitative estimate of drug-likeness (QED) is 0.899. The number of methoxy groups -OCH3 is 1. The highest BCUT2D eigenvalue weighted by Gasteiger charge is 2.14. The number of halogens is 1. The minimum Gasteiger partial charge on any atom is -0.496 e. The average molecular weight is 366 g/mol. The van der Waals surface area contributed by atoms with Crippen LogP contribution in [0.1, 0.15) is 29.0 Å². The Balaban J connectivity index is 2.15. The summed E-state index contributed by atoms with van der Waals surface area (Å²) in [4.78, 5) is 23.5. The fraction of sp³-hybridized carbons (Fsp3) is 0.267. The molecule has 116 valence electrons. The van der Waals surface area contributed by atoms with Crippen LogP contribution >= 0.6 is 15.9 Å². The Kier molecular flexibility index (Phi) is 4.97. The van der Waals surface area contributed by atoms with E-state index in [-0.39, 0.29) is 23.2 Å². The summed E-state index contributed by atoms with van der Waals surface area (Å²) < 4.78 is 7.12. The fourth-order valence-corrected chi connectivity index (χ4v) is 2.49. The lowest BCUT2D eigenvalue weighted by molar-refractivity contribution is 0.0932. The first-order valence-corrected chi connectivity index (χ1v) is 7.40. The molecule has 1 amide bonds. The van der Waals surface area contributed by atoms with Crippen LogP contribution in [0.3, 0.4) is 0 Å². The number of amides is 1. The van der Waals surface area contributed by atoms with E-state index in [9.17, 15) is 9.59 Å². The van der Waals surface area contributed by atoms with Crippen molar-refractivity contribution < 1.29 is 9.53 Å². The number of hydrogen-bond acceptors (Lipinski definition) is 4. The SMILES string of the molecule is COc1ccc(C(C)NC(=O)c2ccc(=O)n(C)n2)cc1Br. The van der Waals surface area contributed by atoms with Gasteiger partial charge in [-0.1, -0.05) is 6.07 Å². The van der Waals surface area contributed by atoms with Crippen molar-refractivity contribution in [2.24, 2.45) is 7.05 Å². The maximum absolute atomic E-state index is 12.2. The molecule has 0 radical (unpaired) electrons. The van der Waals surface area contributed by atoms with E-state index < -0.39 is 0 Å². The summed E-state index contributed by atoms with van der Waals surface area (Å²) >= 11 is 3.42. The number of rotatable bonds is 4. The molecule has 1 N–H and O–H groups in total. The first-order chi connectivity index (χ1) is 10.4. The third-order valence-electron chi connectivity index (χ3n) is 3.22. The number of carbonyl (C=O) groups excluding carboxylic acids is 1. The molecule has 2 rings (SSSR count). The van der Waals surface area contributed by atoms with Crippen LogP contribution in [0, 0.1) is 0 Å². The van der Waals surface area contributed by atoms with Gasteiger partial charge in [-0.3, -0.25) is 9.59 Å². The number of nitrogens with zero attached hydrogens (tertiary/aromatic N) is 2. The Morgan fingerprint density at radius 2 is 2.09 bits per heavy atom. The molecule has 2 aromatic rings. The molecule has 7 heteroatoms. The van der Waals surface area contributed by atoms with Crippen LogP contribution in [0.15, 0.2) is 39.6 Å². The lowest BCUT2D eigenvalue weighted by Crippen LogP contribution is -2.30. The molecule has 0 spiro atoms. The summed E-state index contributed by atoms with van der Waals surface area (Å²) in [7, 11) is 3.10. The van der Waals surface area contributed by atoms with Crippen LogP contribution in [-0.2, 0) is 7.05 Å². The molecule has 0 aliphatic carbocycles. The normalized spacial score (nSPS) is 11.8. The first kappa shape index (κ1) is 16.2. The van der Waals surface area contributed by atoms with Crippen LogP contribution in [0.2, 0.25) is 0 Å². The third-order valence-corrected chi connectivity index (χ3v) is 3.84. The molecule has 1 aromatic heterocycles. The molecule has 0 saturated heterocycles. The van der Waals surface area contributed by atoms with E-state index in [1.165, 1.54) is 19.2 Å². The number of nitrogens with one attached hydrogen (secondary N) is 1. The number of benzene rings is 1. The molecule has 6 nitrogen and oxygen atoms in total. The number of ether oxygens (including phenoxy) is 1. The van der Waals surface area contributed by atoms with Gasteiger partial charge in [-0.2, -0.15) is 5.10 Å². The molecule has 0 fully saturated rings. The molecule has 0 aliphatic rings. The van der Waals surface area contributed by atoms with E-state index in [0.29, 0.717) is 0 Å². The van der Waals surface area contributed by atoms with Gasteiger partial charge in [-0.15, -0.1) is 0 Å². The number of hydrogen-bond donors (Lipinski definition) is 1. The smallest absolute Gasteiger partial charge is 0.272 e. The van der Waals surface area contributed by atoms with Crippen LogP contribution in [0.4, 0.5) is 0 Å². The van der Waals surface area contributed by atoms with Gasteiger partial charge >= 0.3 is 0 Å². The molecule has 1 atom stereocenters. The zero-order valence-corrected chi connectivity index (χ0v) is 14.0. The predicted molar refractivity (Wildman–Crippen MR) is 86.1 cm³/mol. The molecular weight excluding hydrogens is 350 g/mol. The van der Waals surface area contributed by atoms with Gasteiger partial charge in [0.05, 0.1) is 17.6 Å². The van der Waals surface area contributed by atoms with Crippen LogP contribution in [0.25, 0.3) is 0 Å². The van der Waals surface area contributed by atoms with Gasteiger partial charge in [-0.25, -0.2) is 4.68 Å². The monoisotopic (exact) mass is 365 g/mol. The van der Waals surface area contributed by atoms with Crippen molar-refractivity contribution >= 4 is 21.8 Å². The van der Waals surface area contributed by atoms with Gasteiger partial charge in [0, 0.05) is 13.1 Å². The highest BCUT2D eigenvalue weighted by Crippen LogP contribution is 2.28. The minimum atomic E-state index is -0.338. The highest BCUT2D eigenvalue weighted by atomic mass is 79.9. The molecule has 1 unspecified atom stereocenters. The van der Waals surface area contributed by atoms with Crippen LogP contribution in [0.5, 0.6) is 5.75 Å². The Hall–Kier alpha value is -2.15. The van der Waals surface area contributed by atoms with Gasteiger partial charge in [-0.05, 0) is 46.6 Å². The van der Waals surface area contributed by atoms with E-state index in [0.717, 1.165) is 20.5 Å². The van der Waals surface area contributed by atoms with Crippen molar-refractivity contribution in [1.82, 2.24) is 15.1 Å². The third kappa shape index (κ3) is 3.54. The first-order valence-electron chi connectivity index (χ1n) is 6.61. The minimum absolute atomic E-state index is 0.196.